The summed E-state index contributed by atoms with van der Waals surface area (Å²) >= 11 is 8.23. The summed E-state index contributed by atoms with van der Waals surface area (Å²) in [5.74, 6) is 2.50. The average Bonchev–Trinajstić information content (AvgIpc) is 2.88. The average molecular weight is 313 g/mol. The molecule has 1 saturated heterocycles. The fraction of sp³-hybridized carbons (Fsp3) is 0.625. The molecule has 0 bridgehead atoms. The molecule has 1 atom stereocenters. The van der Waals surface area contributed by atoms with Crippen molar-refractivity contribution >= 4 is 29.1 Å². The van der Waals surface area contributed by atoms with Crippen LogP contribution < -0.4 is 10.2 Å². The van der Waals surface area contributed by atoms with Crippen molar-refractivity contribution < 1.29 is 0 Å². The van der Waals surface area contributed by atoms with Crippen LogP contribution in [0.3, 0.4) is 0 Å². The lowest BCUT2D eigenvalue weighted by Crippen LogP contribution is -2.36. The third-order valence-electron chi connectivity index (χ3n) is 3.68. The van der Waals surface area contributed by atoms with Crippen molar-refractivity contribution in [1.82, 2.24) is 5.32 Å². The lowest BCUT2D eigenvalue weighted by atomic mass is 10.1. The summed E-state index contributed by atoms with van der Waals surface area (Å²) < 4.78 is 0. The molecule has 1 aromatic rings. The van der Waals surface area contributed by atoms with E-state index in [9.17, 15) is 0 Å². The molecule has 4 heteroatoms. The van der Waals surface area contributed by atoms with E-state index >= 15 is 0 Å². The van der Waals surface area contributed by atoms with Gasteiger partial charge in [-0.25, -0.2) is 0 Å². The molecule has 0 amide bonds. The molecule has 2 rings (SSSR count). The molecule has 1 N–H and O–H groups in total. The minimum atomic E-state index is 0.112. The van der Waals surface area contributed by atoms with Crippen LogP contribution >= 0.6 is 23.4 Å². The molecule has 1 aromatic carbocycles. The summed E-state index contributed by atoms with van der Waals surface area (Å²) in [5, 5.41) is 4.37. The van der Waals surface area contributed by atoms with Crippen LogP contribution in [0.2, 0.25) is 5.02 Å². The fourth-order valence-corrected chi connectivity index (χ4v) is 3.89. The number of thioether (sulfide) groups is 1. The molecule has 0 saturated carbocycles. The van der Waals surface area contributed by atoms with Crippen molar-refractivity contribution in [1.29, 1.82) is 0 Å². The zero-order valence-corrected chi connectivity index (χ0v) is 14.4. The Morgan fingerprint density at radius 1 is 1.40 bits per heavy atom. The van der Waals surface area contributed by atoms with Crippen molar-refractivity contribution in [2.75, 3.05) is 23.5 Å². The van der Waals surface area contributed by atoms with E-state index in [0.717, 1.165) is 11.6 Å². The highest BCUT2D eigenvalue weighted by atomic mass is 35.5. The topological polar surface area (TPSA) is 15.3 Å². The lowest BCUT2D eigenvalue weighted by molar-refractivity contribution is 0.424. The van der Waals surface area contributed by atoms with Gasteiger partial charge in [0.15, 0.2) is 0 Å². The molecular weight excluding hydrogens is 288 g/mol. The molecule has 1 aliphatic rings. The van der Waals surface area contributed by atoms with Gasteiger partial charge in [0.25, 0.3) is 0 Å². The molecule has 0 spiro atoms. The smallest absolute Gasteiger partial charge is 0.0413 e. The Labute approximate surface area is 132 Å². The van der Waals surface area contributed by atoms with Gasteiger partial charge < -0.3 is 10.2 Å². The van der Waals surface area contributed by atoms with Crippen LogP contribution in [0, 0.1) is 0 Å². The predicted molar refractivity (Wildman–Crippen MR) is 92.2 cm³/mol. The highest BCUT2D eigenvalue weighted by molar-refractivity contribution is 7.99. The Morgan fingerprint density at radius 2 is 2.15 bits per heavy atom. The van der Waals surface area contributed by atoms with Crippen molar-refractivity contribution in [2.45, 2.75) is 45.3 Å². The monoisotopic (exact) mass is 312 g/mol. The zero-order valence-electron chi connectivity index (χ0n) is 12.9. The maximum Gasteiger partial charge on any atom is 0.0413 e. The van der Waals surface area contributed by atoms with E-state index in [1.807, 2.05) is 17.8 Å². The van der Waals surface area contributed by atoms with E-state index in [1.165, 1.54) is 29.2 Å². The van der Waals surface area contributed by atoms with Crippen molar-refractivity contribution in [3.05, 3.63) is 28.8 Å². The molecule has 1 unspecified atom stereocenters. The Bertz CT molecular complexity index is 450. The molecule has 1 aliphatic heterocycles. The molecule has 112 valence electrons. The van der Waals surface area contributed by atoms with Gasteiger partial charge in [-0.05, 0) is 56.7 Å². The van der Waals surface area contributed by atoms with Crippen molar-refractivity contribution in [3.63, 3.8) is 0 Å². The molecule has 2 nitrogen and oxygen atoms in total. The van der Waals surface area contributed by atoms with Gasteiger partial charge in [-0.15, -0.1) is 0 Å². The third-order valence-corrected chi connectivity index (χ3v) is 5.06. The minimum Gasteiger partial charge on any atom is -0.370 e. The van der Waals surface area contributed by atoms with Gasteiger partial charge in [-0.1, -0.05) is 11.6 Å². The minimum absolute atomic E-state index is 0.112. The number of nitrogens with one attached hydrogen (secondary N) is 1. The fourth-order valence-electron chi connectivity index (χ4n) is 2.42. The van der Waals surface area contributed by atoms with Crippen LogP contribution in [-0.2, 0) is 6.54 Å². The summed E-state index contributed by atoms with van der Waals surface area (Å²) in [5.41, 5.74) is 2.70. The van der Waals surface area contributed by atoms with E-state index in [4.69, 9.17) is 11.6 Å². The quantitative estimate of drug-likeness (QED) is 0.898. The van der Waals surface area contributed by atoms with Crippen LogP contribution in [0.15, 0.2) is 18.2 Å². The van der Waals surface area contributed by atoms with Gasteiger partial charge in [-0.2, -0.15) is 11.8 Å². The molecular formula is C16H25ClN2S. The van der Waals surface area contributed by atoms with E-state index in [2.05, 4.69) is 50.2 Å². The Hall–Kier alpha value is -0.380. The first-order chi connectivity index (χ1) is 9.37. The highest BCUT2D eigenvalue weighted by Gasteiger charge is 2.22. The van der Waals surface area contributed by atoms with Gasteiger partial charge in [0.2, 0.25) is 0 Å². The van der Waals surface area contributed by atoms with E-state index in [0.29, 0.717) is 6.04 Å². The third kappa shape index (κ3) is 4.31. The number of benzene rings is 1. The normalized spacial score (nSPS) is 19.4. The Morgan fingerprint density at radius 3 is 2.75 bits per heavy atom. The number of rotatable bonds is 4. The second-order valence-electron chi connectivity index (χ2n) is 6.50. The van der Waals surface area contributed by atoms with Gasteiger partial charge in [-0.3, -0.25) is 0 Å². The predicted octanol–water partition coefficient (Wildman–Crippen LogP) is 4.17. The summed E-state index contributed by atoms with van der Waals surface area (Å²) in [7, 11) is 2.21. The number of halogens is 1. The molecule has 20 heavy (non-hydrogen) atoms. The molecule has 0 aromatic heterocycles. The summed E-state index contributed by atoms with van der Waals surface area (Å²) in [4.78, 5) is 2.43. The van der Waals surface area contributed by atoms with Gasteiger partial charge in [0.05, 0.1) is 0 Å². The summed E-state index contributed by atoms with van der Waals surface area (Å²) in [6, 6.07) is 6.89. The largest absolute Gasteiger partial charge is 0.370 e. The Balaban J connectivity index is 2.18. The van der Waals surface area contributed by atoms with Crippen LogP contribution in [0.5, 0.6) is 0 Å². The zero-order chi connectivity index (χ0) is 14.8. The first-order valence-electron chi connectivity index (χ1n) is 7.21. The van der Waals surface area contributed by atoms with Crippen LogP contribution in [0.1, 0.15) is 32.8 Å². The van der Waals surface area contributed by atoms with Crippen molar-refractivity contribution in [3.8, 4) is 0 Å². The SMILES string of the molecule is CN(c1ccc(Cl)cc1CNC(C)(C)C)C1CCSC1. The lowest BCUT2D eigenvalue weighted by Gasteiger charge is -2.29. The molecule has 0 radical (unpaired) electrons. The first-order valence-corrected chi connectivity index (χ1v) is 8.74. The second-order valence-corrected chi connectivity index (χ2v) is 8.09. The van der Waals surface area contributed by atoms with Crippen LogP contribution in [0.25, 0.3) is 0 Å². The maximum absolute atomic E-state index is 6.18. The maximum atomic E-state index is 6.18. The summed E-state index contributed by atoms with van der Waals surface area (Å²) in [6.45, 7) is 7.42. The summed E-state index contributed by atoms with van der Waals surface area (Å²) in [6.07, 6.45) is 1.27. The molecule has 0 aliphatic carbocycles. The van der Waals surface area contributed by atoms with Gasteiger partial charge in [0.1, 0.15) is 0 Å². The molecule has 1 fully saturated rings. The van der Waals surface area contributed by atoms with Crippen LogP contribution in [0.4, 0.5) is 5.69 Å². The second kappa shape index (κ2) is 6.59. The Kier molecular flexibility index (Phi) is 5.27. The number of anilines is 1. The standard InChI is InChI=1S/C16H25ClN2S/c1-16(2,3)18-10-12-9-13(17)5-6-15(12)19(4)14-7-8-20-11-14/h5-6,9,14,18H,7-8,10-11H2,1-4H3. The van der Waals surface area contributed by atoms with E-state index < -0.39 is 0 Å². The highest BCUT2D eigenvalue weighted by Crippen LogP contribution is 2.30. The van der Waals surface area contributed by atoms with E-state index in [1.54, 1.807) is 0 Å². The number of nitrogens with zero attached hydrogens (tertiary/aromatic N) is 1. The van der Waals surface area contributed by atoms with Crippen molar-refractivity contribution in [2.24, 2.45) is 0 Å². The van der Waals surface area contributed by atoms with Gasteiger partial charge in [0, 0.05) is 41.6 Å². The van der Waals surface area contributed by atoms with Crippen LogP contribution in [-0.4, -0.2) is 30.1 Å². The number of hydrogen-bond acceptors (Lipinski definition) is 3. The van der Waals surface area contributed by atoms with E-state index in [-0.39, 0.29) is 5.54 Å². The number of hydrogen-bond donors (Lipinski definition) is 1. The van der Waals surface area contributed by atoms with Gasteiger partial charge >= 0.3 is 0 Å². The molecule has 1 heterocycles. The first kappa shape index (κ1) is 16.0.